The van der Waals surface area contributed by atoms with Crippen molar-refractivity contribution in [1.29, 1.82) is 0 Å². The molecule has 0 bridgehead atoms. The highest BCUT2D eigenvalue weighted by atomic mass is 32.1. The maximum Gasteiger partial charge on any atom is 0.266 e. The third-order valence-electron chi connectivity index (χ3n) is 4.42. The van der Waals surface area contributed by atoms with E-state index >= 15 is 0 Å². The number of carbonyl (C=O) groups excluding carboxylic acids is 1. The summed E-state index contributed by atoms with van der Waals surface area (Å²) in [6.45, 7) is 0. The lowest BCUT2D eigenvalue weighted by molar-refractivity contribution is -0.129. The average molecular weight is 348 g/mol. The fourth-order valence-electron chi connectivity index (χ4n) is 3.12. The summed E-state index contributed by atoms with van der Waals surface area (Å²) in [6, 6.07) is 15.6. The van der Waals surface area contributed by atoms with E-state index in [1.807, 2.05) is 47.8 Å². The smallest absolute Gasteiger partial charge is 0.266 e. The molecule has 2 aromatic heterocycles. The first kappa shape index (κ1) is 15.5. The predicted molar refractivity (Wildman–Crippen MR) is 99.2 cm³/mol. The number of guanidine groups is 1. The molecule has 25 heavy (non-hydrogen) atoms. The summed E-state index contributed by atoms with van der Waals surface area (Å²) < 4.78 is 0. The third-order valence-corrected chi connectivity index (χ3v) is 5.34. The number of benzene rings is 1. The Balaban J connectivity index is 1.95. The van der Waals surface area contributed by atoms with Crippen LogP contribution in [0.4, 0.5) is 0 Å². The van der Waals surface area contributed by atoms with Gasteiger partial charge in [0.05, 0.1) is 0 Å². The highest BCUT2D eigenvalue weighted by molar-refractivity contribution is 7.13. The molecule has 2 N–H and O–H groups in total. The van der Waals surface area contributed by atoms with Gasteiger partial charge in [-0.05, 0) is 46.3 Å². The van der Waals surface area contributed by atoms with Gasteiger partial charge in [-0.3, -0.25) is 14.7 Å². The number of rotatable bonds is 3. The number of amides is 1. The number of aromatic nitrogens is 1. The maximum atomic E-state index is 13.1. The summed E-state index contributed by atoms with van der Waals surface area (Å²) in [7, 11) is 1.65. The molecule has 0 fully saturated rings. The minimum atomic E-state index is -1.17. The first-order chi connectivity index (χ1) is 12.1. The van der Waals surface area contributed by atoms with Crippen LogP contribution in [0.25, 0.3) is 10.4 Å². The van der Waals surface area contributed by atoms with Crippen molar-refractivity contribution in [3.8, 4) is 10.4 Å². The van der Waals surface area contributed by atoms with Crippen LogP contribution in [0.2, 0.25) is 0 Å². The molecular formula is C19H16N4OS. The number of likely N-dealkylation sites (N-methyl/N-ethyl adjacent to an activating group) is 1. The monoisotopic (exact) mass is 348 g/mol. The first-order valence-corrected chi connectivity index (χ1v) is 8.69. The molecule has 1 unspecified atom stereocenters. The van der Waals surface area contributed by atoms with E-state index < -0.39 is 5.54 Å². The molecule has 1 aliphatic heterocycles. The average Bonchev–Trinajstić information content (AvgIpc) is 3.27. The van der Waals surface area contributed by atoms with Crippen LogP contribution >= 0.6 is 11.3 Å². The first-order valence-electron chi connectivity index (χ1n) is 7.81. The van der Waals surface area contributed by atoms with Crippen LogP contribution in [-0.4, -0.2) is 28.8 Å². The minimum Gasteiger partial charge on any atom is -0.369 e. The van der Waals surface area contributed by atoms with Crippen LogP contribution in [0.1, 0.15) is 11.1 Å². The van der Waals surface area contributed by atoms with Gasteiger partial charge in [0.25, 0.3) is 5.91 Å². The number of nitrogens with zero attached hydrogens (tertiary/aromatic N) is 3. The van der Waals surface area contributed by atoms with Gasteiger partial charge >= 0.3 is 0 Å². The van der Waals surface area contributed by atoms with Gasteiger partial charge in [0.1, 0.15) is 0 Å². The maximum absolute atomic E-state index is 13.1. The molecular weight excluding hydrogens is 332 g/mol. The Hall–Kier alpha value is -2.99. The topological polar surface area (TPSA) is 71.6 Å². The lowest BCUT2D eigenvalue weighted by atomic mass is 9.82. The van der Waals surface area contributed by atoms with Crippen molar-refractivity contribution in [1.82, 2.24) is 9.88 Å². The second-order valence-electron chi connectivity index (χ2n) is 5.84. The van der Waals surface area contributed by atoms with E-state index in [1.165, 1.54) is 4.90 Å². The van der Waals surface area contributed by atoms with Crippen molar-refractivity contribution in [2.75, 3.05) is 7.05 Å². The van der Waals surface area contributed by atoms with E-state index in [-0.39, 0.29) is 11.9 Å². The third kappa shape index (κ3) is 2.34. The van der Waals surface area contributed by atoms with Gasteiger partial charge in [-0.1, -0.05) is 24.3 Å². The second kappa shape index (κ2) is 5.82. The van der Waals surface area contributed by atoms with Crippen LogP contribution in [0, 0.1) is 0 Å². The summed E-state index contributed by atoms with van der Waals surface area (Å²) in [5.74, 6) is 0.0443. The normalized spacial score (nSPS) is 20.0. The fourth-order valence-corrected chi connectivity index (χ4v) is 3.84. The summed E-state index contributed by atoms with van der Waals surface area (Å²) in [6.07, 6.45) is 3.33. The summed E-state index contributed by atoms with van der Waals surface area (Å²) in [5.41, 5.74) is 7.42. The SMILES string of the molecule is CN1C(=O)C(c2ccncc2)(c2cccc(-c3cccs3)c2)N=C1N. The molecule has 3 aromatic rings. The molecule has 0 saturated carbocycles. The van der Waals surface area contributed by atoms with Gasteiger partial charge in [0, 0.05) is 24.3 Å². The largest absolute Gasteiger partial charge is 0.369 e. The number of carbonyl (C=O) groups is 1. The van der Waals surface area contributed by atoms with E-state index in [2.05, 4.69) is 16.0 Å². The van der Waals surface area contributed by atoms with Gasteiger partial charge < -0.3 is 5.73 Å². The van der Waals surface area contributed by atoms with Gasteiger partial charge in [0.2, 0.25) is 0 Å². The van der Waals surface area contributed by atoms with Crippen molar-refractivity contribution in [2.24, 2.45) is 10.7 Å². The molecule has 0 aliphatic carbocycles. The highest BCUT2D eigenvalue weighted by Crippen LogP contribution is 2.40. The van der Waals surface area contributed by atoms with E-state index in [0.29, 0.717) is 0 Å². The van der Waals surface area contributed by atoms with Gasteiger partial charge in [0.15, 0.2) is 11.5 Å². The Morgan fingerprint density at radius 2 is 1.88 bits per heavy atom. The van der Waals surface area contributed by atoms with E-state index in [1.54, 1.807) is 30.8 Å². The zero-order chi connectivity index (χ0) is 17.4. The van der Waals surface area contributed by atoms with Crippen LogP contribution in [0.15, 0.2) is 71.3 Å². The van der Waals surface area contributed by atoms with Crippen molar-refractivity contribution >= 4 is 23.2 Å². The van der Waals surface area contributed by atoms with Gasteiger partial charge in [-0.2, -0.15) is 0 Å². The van der Waals surface area contributed by atoms with Crippen molar-refractivity contribution in [3.63, 3.8) is 0 Å². The zero-order valence-electron chi connectivity index (χ0n) is 13.6. The number of aliphatic imine (C=N–C) groups is 1. The predicted octanol–water partition coefficient (Wildman–Crippen LogP) is 2.84. The molecule has 5 nitrogen and oxygen atoms in total. The molecule has 3 heterocycles. The number of nitrogens with two attached hydrogens (primary N) is 1. The second-order valence-corrected chi connectivity index (χ2v) is 6.79. The molecule has 4 rings (SSSR count). The van der Waals surface area contributed by atoms with Crippen LogP contribution in [-0.2, 0) is 10.3 Å². The van der Waals surface area contributed by atoms with Gasteiger partial charge in [-0.25, -0.2) is 4.99 Å². The van der Waals surface area contributed by atoms with Crippen molar-refractivity contribution in [3.05, 3.63) is 77.4 Å². The Morgan fingerprint density at radius 3 is 2.52 bits per heavy atom. The molecule has 1 atom stereocenters. The van der Waals surface area contributed by atoms with Crippen LogP contribution < -0.4 is 5.73 Å². The van der Waals surface area contributed by atoms with Crippen molar-refractivity contribution in [2.45, 2.75) is 5.54 Å². The molecule has 6 heteroatoms. The fraction of sp³-hybridized carbons (Fsp3) is 0.105. The van der Waals surface area contributed by atoms with E-state index in [9.17, 15) is 4.79 Å². The molecule has 1 aliphatic rings. The van der Waals surface area contributed by atoms with Gasteiger partial charge in [-0.15, -0.1) is 11.3 Å². The Morgan fingerprint density at radius 1 is 1.08 bits per heavy atom. The molecule has 124 valence electrons. The number of hydrogen-bond acceptors (Lipinski definition) is 5. The number of thiophene rings is 1. The summed E-state index contributed by atoms with van der Waals surface area (Å²) >= 11 is 1.66. The molecule has 1 aromatic carbocycles. The lowest BCUT2D eigenvalue weighted by Gasteiger charge is -2.26. The lowest BCUT2D eigenvalue weighted by Crippen LogP contribution is -2.41. The Kier molecular flexibility index (Phi) is 3.62. The number of hydrogen-bond donors (Lipinski definition) is 1. The molecule has 1 amide bonds. The van der Waals surface area contributed by atoms with Crippen molar-refractivity contribution < 1.29 is 4.79 Å². The molecule has 0 saturated heterocycles. The van der Waals surface area contributed by atoms with E-state index in [0.717, 1.165) is 21.6 Å². The quantitative estimate of drug-likeness (QED) is 0.791. The Bertz CT molecular complexity index is 953. The standard InChI is InChI=1S/C19H16N4OS/c1-23-17(24)19(22-18(23)20,14-7-9-21-10-8-14)15-5-2-4-13(12-15)16-6-3-11-25-16/h2-12H,1H3,(H2,20,22). The Labute approximate surface area is 149 Å². The minimum absolute atomic E-state index is 0.167. The zero-order valence-corrected chi connectivity index (χ0v) is 14.4. The molecule has 0 spiro atoms. The summed E-state index contributed by atoms with van der Waals surface area (Å²) in [5, 5.41) is 2.03. The number of pyridine rings is 1. The highest BCUT2D eigenvalue weighted by Gasteiger charge is 2.49. The van der Waals surface area contributed by atoms with E-state index in [4.69, 9.17) is 5.73 Å². The molecule has 0 radical (unpaired) electrons. The van der Waals surface area contributed by atoms with Crippen LogP contribution in [0.5, 0.6) is 0 Å². The van der Waals surface area contributed by atoms with Crippen LogP contribution in [0.3, 0.4) is 0 Å². The summed E-state index contributed by atoms with van der Waals surface area (Å²) in [4.78, 5) is 24.3.